The monoisotopic (exact) mass is 348 g/mol. The molecule has 1 saturated carbocycles. The summed E-state index contributed by atoms with van der Waals surface area (Å²) < 4.78 is 0. The van der Waals surface area contributed by atoms with Crippen molar-refractivity contribution in [3.63, 3.8) is 0 Å². The molecular weight excluding hydrogens is 300 g/mol. The van der Waals surface area contributed by atoms with Crippen LogP contribution in [0.25, 0.3) is 0 Å². The van der Waals surface area contributed by atoms with Gasteiger partial charge in [0.15, 0.2) is 0 Å². The van der Waals surface area contributed by atoms with E-state index in [1.807, 2.05) is 0 Å². The molecule has 0 nitrogen and oxygen atoms in total. The average molecular weight is 349 g/mol. The van der Waals surface area contributed by atoms with Crippen molar-refractivity contribution in [3.8, 4) is 0 Å². The van der Waals surface area contributed by atoms with Crippen LogP contribution in [0.1, 0.15) is 106 Å². The Balaban J connectivity index is 2.64. The molecule has 1 aliphatic carbocycles. The first kappa shape index (κ1) is 22.8. The molecule has 148 valence electrons. The second-order valence-corrected chi connectivity index (χ2v) is 10.7. The smallest absolute Gasteiger partial charge is 0.0210 e. The third kappa shape index (κ3) is 8.31. The summed E-state index contributed by atoms with van der Waals surface area (Å²) in [5, 5.41) is 0. The van der Waals surface area contributed by atoms with E-state index >= 15 is 0 Å². The Morgan fingerprint density at radius 1 is 0.960 bits per heavy atom. The predicted octanol–water partition coefficient (Wildman–Crippen LogP) is 8.52. The van der Waals surface area contributed by atoms with E-state index in [1.165, 1.54) is 57.8 Å². The SMILES string of the molecule is C=CC(C)C1(C)CCC(CCC(C)CCC(C)C)CC(CC(C)C)C1. The van der Waals surface area contributed by atoms with Crippen molar-refractivity contribution in [1.82, 2.24) is 0 Å². The molecule has 0 radical (unpaired) electrons. The van der Waals surface area contributed by atoms with Gasteiger partial charge in [0.1, 0.15) is 0 Å². The lowest BCUT2D eigenvalue weighted by Gasteiger charge is -2.36. The Labute approximate surface area is 160 Å². The van der Waals surface area contributed by atoms with Gasteiger partial charge in [0.05, 0.1) is 0 Å². The van der Waals surface area contributed by atoms with Crippen LogP contribution in [0.4, 0.5) is 0 Å². The lowest BCUT2D eigenvalue weighted by molar-refractivity contribution is 0.168. The van der Waals surface area contributed by atoms with Crippen LogP contribution in [-0.4, -0.2) is 0 Å². The van der Waals surface area contributed by atoms with Gasteiger partial charge in [0.2, 0.25) is 0 Å². The Kier molecular flexibility index (Phi) is 9.83. The van der Waals surface area contributed by atoms with Gasteiger partial charge in [0, 0.05) is 0 Å². The maximum atomic E-state index is 4.11. The molecule has 1 aliphatic rings. The van der Waals surface area contributed by atoms with E-state index < -0.39 is 0 Å². The molecule has 1 fully saturated rings. The van der Waals surface area contributed by atoms with Gasteiger partial charge in [-0.05, 0) is 73.0 Å². The van der Waals surface area contributed by atoms with Gasteiger partial charge in [-0.2, -0.15) is 0 Å². The van der Waals surface area contributed by atoms with E-state index in [4.69, 9.17) is 0 Å². The highest BCUT2D eigenvalue weighted by Gasteiger charge is 2.36. The molecule has 0 aromatic carbocycles. The Bertz CT molecular complexity index is 366. The van der Waals surface area contributed by atoms with Crippen molar-refractivity contribution in [1.29, 1.82) is 0 Å². The molecule has 0 bridgehead atoms. The van der Waals surface area contributed by atoms with E-state index in [0.717, 1.165) is 29.6 Å². The first-order valence-electron chi connectivity index (χ1n) is 11.3. The highest BCUT2D eigenvalue weighted by molar-refractivity contribution is 4.94. The van der Waals surface area contributed by atoms with Gasteiger partial charge >= 0.3 is 0 Å². The first-order valence-corrected chi connectivity index (χ1v) is 11.3. The minimum atomic E-state index is 0.472. The van der Waals surface area contributed by atoms with Crippen LogP contribution in [0.3, 0.4) is 0 Å². The molecular formula is C25H48. The highest BCUT2D eigenvalue weighted by atomic mass is 14.4. The maximum Gasteiger partial charge on any atom is -0.0210 e. The van der Waals surface area contributed by atoms with Crippen LogP contribution in [0.15, 0.2) is 12.7 Å². The Hall–Kier alpha value is -0.260. The van der Waals surface area contributed by atoms with Gasteiger partial charge in [-0.1, -0.05) is 80.2 Å². The third-order valence-corrected chi connectivity index (χ3v) is 7.11. The number of hydrogen-bond donors (Lipinski definition) is 0. The predicted molar refractivity (Wildman–Crippen MR) is 115 cm³/mol. The molecule has 0 heteroatoms. The topological polar surface area (TPSA) is 0 Å². The first-order chi connectivity index (χ1) is 11.7. The zero-order chi connectivity index (χ0) is 19.0. The van der Waals surface area contributed by atoms with E-state index in [-0.39, 0.29) is 0 Å². The van der Waals surface area contributed by atoms with Gasteiger partial charge in [-0.25, -0.2) is 0 Å². The largest absolute Gasteiger partial charge is 0.103 e. The molecule has 0 aromatic rings. The van der Waals surface area contributed by atoms with E-state index in [1.54, 1.807) is 0 Å². The van der Waals surface area contributed by atoms with Crippen LogP contribution in [0, 0.1) is 40.9 Å². The van der Waals surface area contributed by atoms with Crippen molar-refractivity contribution in [2.75, 3.05) is 0 Å². The van der Waals surface area contributed by atoms with Gasteiger partial charge in [-0.15, -0.1) is 6.58 Å². The van der Waals surface area contributed by atoms with Crippen molar-refractivity contribution in [2.24, 2.45) is 40.9 Å². The summed E-state index contributed by atoms with van der Waals surface area (Å²) in [6, 6.07) is 0. The van der Waals surface area contributed by atoms with E-state index in [0.29, 0.717) is 11.3 Å². The van der Waals surface area contributed by atoms with Gasteiger partial charge < -0.3 is 0 Å². The number of hydrogen-bond acceptors (Lipinski definition) is 0. The van der Waals surface area contributed by atoms with Crippen molar-refractivity contribution < 1.29 is 0 Å². The number of rotatable bonds is 10. The quantitative estimate of drug-likeness (QED) is 0.274. The molecule has 0 heterocycles. The Morgan fingerprint density at radius 2 is 1.64 bits per heavy atom. The number of allylic oxidation sites excluding steroid dienone is 1. The molecule has 0 aromatic heterocycles. The van der Waals surface area contributed by atoms with Crippen LogP contribution in [0.5, 0.6) is 0 Å². The normalized spacial score (nSPS) is 30.3. The fourth-order valence-electron chi connectivity index (χ4n) is 5.06. The molecule has 0 saturated heterocycles. The summed E-state index contributed by atoms with van der Waals surface area (Å²) in [4.78, 5) is 0. The third-order valence-electron chi connectivity index (χ3n) is 7.11. The van der Waals surface area contributed by atoms with Crippen molar-refractivity contribution in [3.05, 3.63) is 12.7 Å². The van der Waals surface area contributed by atoms with Gasteiger partial charge in [-0.3, -0.25) is 0 Å². The van der Waals surface area contributed by atoms with Gasteiger partial charge in [0.25, 0.3) is 0 Å². The fraction of sp³-hybridized carbons (Fsp3) is 0.920. The second kappa shape index (κ2) is 10.8. The molecule has 5 unspecified atom stereocenters. The summed E-state index contributed by atoms with van der Waals surface area (Å²) in [5.41, 5.74) is 0.472. The summed E-state index contributed by atoms with van der Waals surface area (Å²) in [6.07, 6.45) is 15.1. The minimum absolute atomic E-state index is 0.472. The molecule has 25 heavy (non-hydrogen) atoms. The lowest BCUT2D eigenvalue weighted by atomic mass is 9.69. The van der Waals surface area contributed by atoms with Crippen LogP contribution >= 0.6 is 0 Å². The molecule has 0 aliphatic heterocycles. The summed E-state index contributed by atoms with van der Waals surface area (Å²) >= 11 is 0. The average Bonchev–Trinajstić information content (AvgIpc) is 2.69. The second-order valence-electron chi connectivity index (χ2n) is 10.7. The van der Waals surface area contributed by atoms with Crippen LogP contribution in [0.2, 0.25) is 0 Å². The zero-order valence-electron chi connectivity index (χ0n) is 18.6. The zero-order valence-corrected chi connectivity index (χ0v) is 18.6. The standard InChI is InChI=1S/C25H48/c1-9-22(7)25(8)15-14-23(17-24(18-25)16-20(4)5)13-12-21(6)11-10-19(2)3/h9,19-24H,1,10-18H2,2-8H3. The summed E-state index contributed by atoms with van der Waals surface area (Å²) in [7, 11) is 0. The maximum absolute atomic E-state index is 4.11. The molecule has 1 rings (SSSR count). The Morgan fingerprint density at radius 3 is 2.20 bits per heavy atom. The minimum Gasteiger partial charge on any atom is -0.103 e. The summed E-state index contributed by atoms with van der Waals surface area (Å²) in [5.74, 6) is 5.13. The van der Waals surface area contributed by atoms with Crippen LogP contribution in [-0.2, 0) is 0 Å². The highest BCUT2D eigenvalue weighted by Crippen LogP contribution is 2.47. The van der Waals surface area contributed by atoms with Crippen molar-refractivity contribution >= 4 is 0 Å². The van der Waals surface area contributed by atoms with Crippen LogP contribution < -0.4 is 0 Å². The molecule has 0 N–H and O–H groups in total. The van der Waals surface area contributed by atoms with E-state index in [2.05, 4.69) is 61.1 Å². The van der Waals surface area contributed by atoms with Crippen molar-refractivity contribution in [2.45, 2.75) is 106 Å². The van der Waals surface area contributed by atoms with E-state index in [9.17, 15) is 0 Å². The molecule has 5 atom stereocenters. The molecule has 0 amide bonds. The lowest BCUT2D eigenvalue weighted by Crippen LogP contribution is -2.26. The molecule has 0 spiro atoms. The summed E-state index contributed by atoms with van der Waals surface area (Å²) in [6.45, 7) is 21.1. The fourth-order valence-corrected chi connectivity index (χ4v) is 5.06.